The molecule has 0 amide bonds. The third kappa shape index (κ3) is 7.64. The van der Waals surface area contributed by atoms with Crippen molar-refractivity contribution in [1.82, 2.24) is 9.97 Å². The minimum atomic E-state index is -2.65. The van der Waals surface area contributed by atoms with Crippen LogP contribution in [0.4, 0.5) is 17.1 Å². The summed E-state index contributed by atoms with van der Waals surface area (Å²) < 4.78 is 33.3. The van der Waals surface area contributed by atoms with Gasteiger partial charge in [0, 0.05) is 34.5 Å². The Hall–Kier alpha value is -4.66. The van der Waals surface area contributed by atoms with E-state index in [0.29, 0.717) is 28.8 Å². The van der Waals surface area contributed by atoms with Crippen molar-refractivity contribution >= 4 is 42.6 Å². The van der Waals surface area contributed by atoms with E-state index in [1.54, 1.807) is 19.4 Å². The molecule has 44 heavy (non-hydrogen) atoms. The highest BCUT2D eigenvalue weighted by Crippen LogP contribution is 2.40. The summed E-state index contributed by atoms with van der Waals surface area (Å²) >= 11 is 0. The molecule has 0 aliphatic heterocycles. The molecule has 4 aromatic rings. The molecule has 0 spiro atoms. The summed E-state index contributed by atoms with van der Waals surface area (Å²) in [5.41, 5.74) is 3.76. The lowest BCUT2D eigenvalue weighted by atomic mass is 9.86. The number of ether oxygens (including phenoxy) is 3. The number of aryl methyl sites for hydroxylation is 1. The number of methoxy groups -OCH3 is 2. The van der Waals surface area contributed by atoms with Crippen LogP contribution in [0.25, 0.3) is 10.8 Å². The van der Waals surface area contributed by atoms with E-state index >= 15 is 0 Å². The predicted molar refractivity (Wildman–Crippen MR) is 183 cm³/mol. The van der Waals surface area contributed by atoms with Crippen molar-refractivity contribution < 1.29 is 18.4 Å². The molecule has 0 radical (unpaired) electrons. The van der Waals surface area contributed by atoms with E-state index in [1.165, 1.54) is 7.11 Å². The Kier molecular flexibility index (Phi) is 9.77. The van der Waals surface area contributed by atoms with Gasteiger partial charge in [0.2, 0.25) is 5.88 Å². The fourth-order valence-electron chi connectivity index (χ4n) is 4.56. The van der Waals surface area contributed by atoms with Gasteiger partial charge in [0.15, 0.2) is 5.75 Å². The molecule has 0 aliphatic carbocycles. The summed E-state index contributed by atoms with van der Waals surface area (Å²) in [6.45, 7) is 13.9. The molecule has 9 nitrogen and oxygen atoms in total. The summed E-state index contributed by atoms with van der Waals surface area (Å²) in [6.07, 6.45) is 4.39. The van der Waals surface area contributed by atoms with Crippen LogP contribution in [0.15, 0.2) is 73.1 Å². The van der Waals surface area contributed by atoms with Gasteiger partial charge in [0.25, 0.3) is 0 Å². The molecule has 10 heteroatoms. The van der Waals surface area contributed by atoms with Crippen LogP contribution in [0, 0.1) is 6.92 Å². The lowest BCUT2D eigenvalue weighted by molar-refractivity contribution is 0.365. The molecule has 3 aromatic carbocycles. The number of hydrogen-bond acceptors (Lipinski definition) is 8. The van der Waals surface area contributed by atoms with Gasteiger partial charge >= 0.3 is 6.01 Å². The molecule has 0 saturated heterocycles. The maximum atomic E-state index is 12.9. The van der Waals surface area contributed by atoms with Gasteiger partial charge in [0.1, 0.15) is 11.6 Å². The number of aromatic nitrogens is 2. The predicted octanol–water partition coefficient (Wildman–Crippen LogP) is 7.65. The molecular formula is C34H41N5O4S. The first-order valence-electron chi connectivity index (χ1n) is 14.2. The smallest absolute Gasteiger partial charge is 0.319 e. The molecule has 0 saturated carbocycles. The van der Waals surface area contributed by atoms with Crippen molar-refractivity contribution in [3.8, 4) is 23.4 Å². The number of nitrogens with zero attached hydrogens (tertiary/aromatic N) is 2. The van der Waals surface area contributed by atoms with Crippen molar-refractivity contribution in [3.63, 3.8) is 0 Å². The Morgan fingerprint density at radius 2 is 1.66 bits per heavy atom. The first-order chi connectivity index (χ1) is 20.9. The van der Waals surface area contributed by atoms with Crippen LogP contribution in [-0.2, 0) is 15.1 Å². The minimum absolute atomic E-state index is 0.189. The molecule has 1 unspecified atom stereocenters. The van der Waals surface area contributed by atoms with Gasteiger partial charge < -0.3 is 29.6 Å². The van der Waals surface area contributed by atoms with Crippen LogP contribution in [-0.4, -0.2) is 39.7 Å². The quantitative estimate of drug-likeness (QED) is 0.148. The van der Waals surface area contributed by atoms with Crippen LogP contribution in [0.1, 0.15) is 45.4 Å². The fourth-order valence-corrected chi connectivity index (χ4v) is 5.21. The Bertz CT molecular complexity index is 1850. The largest absolute Gasteiger partial charge is 0.492 e. The Balaban J connectivity index is 1.74. The topological polar surface area (TPSA) is 107 Å². The number of rotatable bonds is 11. The summed E-state index contributed by atoms with van der Waals surface area (Å²) in [6, 6.07) is 17.9. The van der Waals surface area contributed by atoms with Gasteiger partial charge in [-0.3, -0.25) is 0 Å². The van der Waals surface area contributed by atoms with Crippen LogP contribution < -0.4 is 29.6 Å². The third-order valence-electron chi connectivity index (χ3n) is 6.78. The van der Waals surface area contributed by atoms with E-state index in [2.05, 4.69) is 76.8 Å². The van der Waals surface area contributed by atoms with Crippen molar-refractivity contribution in [3.05, 3.63) is 84.3 Å². The SMILES string of the molecule is C=C=S(C)(=O)Nc1cc(C(C)(C)C)cc(NC(=CCC)Nc2ccc(Oc3cc(C)nc(OC)n3)c3ccccc23)c1OC. The van der Waals surface area contributed by atoms with E-state index in [-0.39, 0.29) is 11.4 Å². The number of benzene rings is 3. The minimum Gasteiger partial charge on any atom is -0.492 e. The van der Waals surface area contributed by atoms with Crippen LogP contribution >= 0.6 is 0 Å². The Morgan fingerprint density at radius 3 is 2.30 bits per heavy atom. The number of hydrogen-bond donors (Lipinski definition) is 3. The van der Waals surface area contributed by atoms with Gasteiger partial charge in [-0.1, -0.05) is 52.0 Å². The first kappa shape index (κ1) is 32.3. The molecule has 0 fully saturated rings. The molecule has 0 aliphatic rings. The van der Waals surface area contributed by atoms with Gasteiger partial charge in [-0.25, -0.2) is 9.19 Å². The normalized spacial score (nSPS) is 13.0. The average molecular weight is 616 g/mol. The molecule has 1 heterocycles. The van der Waals surface area contributed by atoms with Crippen molar-refractivity contribution in [2.24, 2.45) is 0 Å². The second-order valence-corrected chi connectivity index (χ2v) is 13.5. The monoisotopic (exact) mass is 615 g/mol. The Morgan fingerprint density at radius 1 is 0.977 bits per heavy atom. The fraction of sp³-hybridized carbons (Fsp3) is 0.294. The molecule has 3 N–H and O–H groups in total. The Labute approximate surface area is 260 Å². The second-order valence-electron chi connectivity index (χ2n) is 11.3. The van der Waals surface area contributed by atoms with Gasteiger partial charge in [0.05, 0.1) is 35.3 Å². The molecule has 232 valence electrons. The van der Waals surface area contributed by atoms with Gasteiger partial charge in [-0.2, -0.15) is 4.98 Å². The van der Waals surface area contributed by atoms with E-state index in [0.717, 1.165) is 40.0 Å². The van der Waals surface area contributed by atoms with Crippen molar-refractivity contribution in [2.75, 3.05) is 35.8 Å². The standard InChI is InChI=1S/C34H41N5O4S/c1-10-14-30(37-27-20-23(34(4,5)6)21-28(32(27)41-7)39-44(9,40)11-2)36-26-17-18-29(25-16-13-12-15-24(25)26)43-31-19-22(3)35-33(38-31)42-8/h12-21,36-37H,2,10H2,1,3-9H3,(H,39,40). The first-order valence-corrected chi connectivity index (χ1v) is 16.2. The highest BCUT2D eigenvalue weighted by atomic mass is 32.2. The van der Waals surface area contributed by atoms with Crippen molar-refractivity contribution in [1.29, 1.82) is 0 Å². The molecule has 0 bridgehead atoms. The van der Waals surface area contributed by atoms with Gasteiger partial charge in [-0.05, 0) is 66.3 Å². The maximum Gasteiger partial charge on any atom is 0.319 e. The summed E-state index contributed by atoms with van der Waals surface area (Å²) in [5.74, 6) is 2.33. The molecule has 1 aromatic heterocycles. The van der Waals surface area contributed by atoms with E-state index in [4.69, 9.17) is 14.2 Å². The third-order valence-corrected chi connectivity index (χ3v) is 7.94. The zero-order chi connectivity index (χ0) is 32.1. The van der Waals surface area contributed by atoms with Crippen LogP contribution in [0.3, 0.4) is 0 Å². The number of allylic oxidation sites excluding steroid dienone is 1. The summed E-state index contributed by atoms with van der Waals surface area (Å²) in [4.78, 5) is 8.58. The average Bonchev–Trinajstić information content (AvgIpc) is 2.97. The lowest BCUT2D eigenvalue weighted by Gasteiger charge is -2.25. The molecule has 1 atom stereocenters. The number of fused-ring (bicyclic) bond motifs is 1. The van der Waals surface area contributed by atoms with Crippen molar-refractivity contribution in [2.45, 2.75) is 46.5 Å². The number of anilines is 3. The zero-order valence-electron chi connectivity index (χ0n) is 26.6. The van der Waals surface area contributed by atoms with Crippen LogP contribution in [0.5, 0.6) is 23.4 Å². The second kappa shape index (κ2) is 13.3. The molecule has 4 rings (SSSR count). The summed E-state index contributed by atoms with van der Waals surface area (Å²) in [5, 5.41) is 11.6. The zero-order valence-corrected chi connectivity index (χ0v) is 27.4. The van der Waals surface area contributed by atoms with E-state index < -0.39 is 9.71 Å². The summed E-state index contributed by atoms with van der Waals surface area (Å²) in [7, 11) is 0.463. The highest BCUT2D eigenvalue weighted by Gasteiger charge is 2.21. The lowest BCUT2D eigenvalue weighted by Crippen LogP contribution is -2.17. The van der Waals surface area contributed by atoms with Crippen LogP contribution in [0.2, 0.25) is 0 Å². The molecular weight excluding hydrogens is 574 g/mol. The highest BCUT2D eigenvalue weighted by molar-refractivity contribution is 8.01. The van der Waals surface area contributed by atoms with E-state index in [9.17, 15) is 4.21 Å². The van der Waals surface area contributed by atoms with Gasteiger partial charge in [-0.15, -0.1) is 0 Å². The number of nitrogens with one attached hydrogen (secondary N) is 3. The van der Waals surface area contributed by atoms with E-state index in [1.807, 2.05) is 49.4 Å². The maximum absolute atomic E-state index is 12.9.